The lowest BCUT2D eigenvalue weighted by atomic mass is 9.92. The number of carbonyl (C=O) groups is 2. The molecule has 2 amide bonds. The van der Waals surface area contributed by atoms with Crippen molar-refractivity contribution in [3.05, 3.63) is 71.5 Å². The Hall–Kier alpha value is -3.61. The SMILES string of the molecule is COc1ccc(-c2cccc(C[C@H]3C(=O)NCCN3C(=O)c3cc(C(C)(C)C)[nH]n3)c2)cc1. The maximum absolute atomic E-state index is 13.3. The van der Waals surface area contributed by atoms with E-state index in [2.05, 4.69) is 42.4 Å². The molecule has 0 bridgehead atoms. The number of carbonyl (C=O) groups excluding carboxylic acids is 2. The number of hydrogen-bond donors (Lipinski definition) is 2. The average Bonchev–Trinajstić information content (AvgIpc) is 3.31. The van der Waals surface area contributed by atoms with E-state index in [0.717, 1.165) is 28.1 Å². The standard InChI is InChI=1S/C26H30N4O3/c1-26(2,3)23-16-21(28-29-23)25(32)30-13-12-27-24(31)22(30)15-17-6-5-7-19(14-17)18-8-10-20(33-4)11-9-18/h5-11,14,16,22H,12-13,15H2,1-4H3,(H,27,31)(H,28,29)/t22-/m0/s1. The molecule has 0 saturated carbocycles. The Morgan fingerprint density at radius 2 is 1.88 bits per heavy atom. The predicted octanol–water partition coefficient (Wildman–Crippen LogP) is 3.57. The number of amides is 2. The number of rotatable bonds is 5. The highest BCUT2D eigenvalue weighted by molar-refractivity contribution is 5.97. The molecule has 7 heteroatoms. The van der Waals surface area contributed by atoms with Crippen LogP contribution in [0.5, 0.6) is 5.75 Å². The Balaban J connectivity index is 1.57. The summed E-state index contributed by atoms with van der Waals surface area (Å²) in [4.78, 5) is 27.7. The van der Waals surface area contributed by atoms with Crippen LogP contribution in [0.3, 0.4) is 0 Å². The Kier molecular flexibility index (Phi) is 6.22. The molecule has 2 heterocycles. The number of benzene rings is 2. The van der Waals surface area contributed by atoms with Gasteiger partial charge in [0, 0.05) is 30.6 Å². The smallest absolute Gasteiger partial charge is 0.275 e. The van der Waals surface area contributed by atoms with Gasteiger partial charge in [-0.3, -0.25) is 14.7 Å². The molecule has 0 aliphatic carbocycles. The zero-order valence-corrected chi connectivity index (χ0v) is 19.5. The highest BCUT2D eigenvalue weighted by Gasteiger charge is 2.35. The summed E-state index contributed by atoms with van der Waals surface area (Å²) in [6, 6.07) is 17.1. The van der Waals surface area contributed by atoms with Crippen molar-refractivity contribution in [3.8, 4) is 16.9 Å². The van der Waals surface area contributed by atoms with E-state index >= 15 is 0 Å². The van der Waals surface area contributed by atoms with Gasteiger partial charge >= 0.3 is 0 Å². The molecule has 1 aliphatic heterocycles. The summed E-state index contributed by atoms with van der Waals surface area (Å²) in [7, 11) is 1.64. The number of nitrogens with one attached hydrogen (secondary N) is 2. The van der Waals surface area contributed by atoms with Crippen molar-refractivity contribution in [2.24, 2.45) is 0 Å². The molecular weight excluding hydrogens is 416 g/mol. The lowest BCUT2D eigenvalue weighted by Gasteiger charge is -2.34. The summed E-state index contributed by atoms with van der Waals surface area (Å²) in [6.07, 6.45) is 0.429. The van der Waals surface area contributed by atoms with Gasteiger partial charge in [0.05, 0.1) is 7.11 Å². The molecule has 7 nitrogen and oxygen atoms in total. The van der Waals surface area contributed by atoms with E-state index in [1.54, 1.807) is 18.1 Å². The van der Waals surface area contributed by atoms with Crippen molar-refractivity contribution >= 4 is 11.8 Å². The molecule has 1 fully saturated rings. The predicted molar refractivity (Wildman–Crippen MR) is 127 cm³/mol. The van der Waals surface area contributed by atoms with Crippen LogP contribution in [0.15, 0.2) is 54.6 Å². The maximum atomic E-state index is 13.3. The Labute approximate surface area is 194 Å². The second-order valence-electron chi connectivity index (χ2n) is 9.36. The molecule has 1 aromatic heterocycles. The van der Waals surface area contributed by atoms with Gasteiger partial charge in [0.1, 0.15) is 17.5 Å². The number of H-pyrrole nitrogens is 1. The number of aromatic amines is 1. The third kappa shape index (κ3) is 4.92. The highest BCUT2D eigenvalue weighted by Crippen LogP contribution is 2.25. The van der Waals surface area contributed by atoms with Crippen LogP contribution in [-0.2, 0) is 16.6 Å². The molecule has 1 atom stereocenters. The van der Waals surface area contributed by atoms with Crippen LogP contribution < -0.4 is 10.1 Å². The number of nitrogens with zero attached hydrogens (tertiary/aromatic N) is 2. The lowest BCUT2D eigenvalue weighted by molar-refractivity contribution is -0.127. The first-order valence-electron chi connectivity index (χ1n) is 11.1. The van der Waals surface area contributed by atoms with E-state index < -0.39 is 6.04 Å². The molecule has 0 spiro atoms. The molecule has 0 unspecified atom stereocenters. The fraction of sp³-hybridized carbons (Fsp3) is 0.346. The molecule has 1 saturated heterocycles. The van der Waals surface area contributed by atoms with Crippen LogP contribution in [-0.4, -0.2) is 53.2 Å². The van der Waals surface area contributed by atoms with Gasteiger partial charge in [-0.05, 0) is 34.9 Å². The number of piperazine rings is 1. The molecule has 33 heavy (non-hydrogen) atoms. The normalized spacial score (nSPS) is 16.4. The molecule has 2 aromatic carbocycles. The minimum atomic E-state index is -0.591. The van der Waals surface area contributed by atoms with Crippen molar-refractivity contribution < 1.29 is 14.3 Å². The van der Waals surface area contributed by atoms with Gasteiger partial charge in [0.15, 0.2) is 0 Å². The van der Waals surface area contributed by atoms with Crippen LogP contribution in [0.1, 0.15) is 42.5 Å². The van der Waals surface area contributed by atoms with Crippen LogP contribution >= 0.6 is 0 Å². The van der Waals surface area contributed by atoms with E-state index in [-0.39, 0.29) is 17.2 Å². The summed E-state index contributed by atoms with van der Waals surface area (Å²) in [5.74, 6) is 0.430. The second kappa shape index (κ2) is 9.10. The van der Waals surface area contributed by atoms with E-state index in [1.165, 1.54) is 0 Å². The first kappa shape index (κ1) is 22.6. The van der Waals surface area contributed by atoms with Crippen LogP contribution in [0.25, 0.3) is 11.1 Å². The second-order valence-corrected chi connectivity index (χ2v) is 9.36. The van der Waals surface area contributed by atoms with Crippen LogP contribution in [0, 0.1) is 0 Å². The fourth-order valence-electron chi connectivity index (χ4n) is 4.01. The Morgan fingerprint density at radius 3 is 2.55 bits per heavy atom. The minimum absolute atomic E-state index is 0.143. The first-order valence-corrected chi connectivity index (χ1v) is 11.1. The van der Waals surface area contributed by atoms with Gasteiger partial charge < -0.3 is 15.0 Å². The van der Waals surface area contributed by atoms with Gasteiger partial charge in [-0.2, -0.15) is 5.10 Å². The Morgan fingerprint density at radius 1 is 1.12 bits per heavy atom. The minimum Gasteiger partial charge on any atom is -0.497 e. The third-order valence-electron chi connectivity index (χ3n) is 5.98. The van der Waals surface area contributed by atoms with Crippen molar-refractivity contribution in [1.29, 1.82) is 0 Å². The molecule has 4 rings (SSSR count). The van der Waals surface area contributed by atoms with Crippen molar-refractivity contribution in [3.63, 3.8) is 0 Å². The van der Waals surface area contributed by atoms with E-state index in [1.807, 2.05) is 42.5 Å². The van der Waals surface area contributed by atoms with Gasteiger partial charge in [0.2, 0.25) is 5.91 Å². The molecular formula is C26H30N4O3. The van der Waals surface area contributed by atoms with Gasteiger partial charge in [-0.25, -0.2) is 0 Å². The summed E-state index contributed by atoms with van der Waals surface area (Å²) < 4.78 is 5.24. The highest BCUT2D eigenvalue weighted by atomic mass is 16.5. The van der Waals surface area contributed by atoms with E-state index in [4.69, 9.17) is 4.74 Å². The Bertz CT molecular complexity index is 1140. The van der Waals surface area contributed by atoms with Crippen LogP contribution in [0.2, 0.25) is 0 Å². The van der Waals surface area contributed by atoms with Gasteiger partial charge in [-0.15, -0.1) is 0 Å². The summed E-state index contributed by atoms with van der Waals surface area (Å²) >= 11 is 0. The fourth-order valence-corrected chi connectivity index (χ4v) is 4.01. The quantitative estimate of drug-likeness (QED) is 0.627. The number of hydrogen-bond acceptors (Lipinski definition) is 4. The van der Waals surface area contributed by atoms with E-state index in [0.29, 0.717) is 25.2 Å². The van der Waals surface area contributed by atoms with Gasteiger partial charge in [0.25, 0.3) is 5.91 Å². The number of methoxy groups -OCH3 is 1. The van der Waals surface area contributed by atoms with Crippen molar-refractivity contribution in [1.82, 2.24) is 20.4 Å². The largest absolute Gasteiger partial charge is 0.497 e. The topological polar surface area (TPSA) is 87.3 Å². The van der Waals surface area contributed by atoms with Crippen molar-refractivity contribution in [2.45, 2.75) is 38.6 Å². The average molecular weight is 447 g/mol. The summed E-state index contributed by atoms with van der Waals surface area (Å²) in [6.45, 7) is 7.06. The number of aromatic nitrogens is 2. The van der Waals surface area contributed by atoms with Crippen molar-refractivity contribution in [2.75, 3.05) is 20.2 Å². The van der Waals surface area contributed by atoms with Crippen LogP contribution in [0.4, 0.5) is 0 Å². The van der Waals surface area contributed by atoms with E-state index in [9.17, 15) is 9.59 Å². The molecule has 3 aromatic rings. The summed E-state index contributed by atoms with van der Waals surface area (Å²) in [5, 5.41) is 10.1. The molecule has 1 aliphatic rings. The molecule has 2 N–H and O–H groups in total. The number of ether oxygens (including phenoxy) is 1. The first-order chi connectivity index (χ1) is 15.8. The third-order valence-corrected chi connectivity index (χ3v) is 5.98. The lowest BCUT2D eigenvalue weighted by Crippen LogP contribution is -2.58. The molecule has 172 valence electrons. The maximum Gasteiger partial charge on any atom is 0.275 e. The van der Waals surface area contributed by atoms with Gasteiger partial charge in [-0.1, -0.05) is 57.2 Å². The zero-order chi connectivity index (χ0) is 23.6. The zero-order valence-electron chi connectivity index (χ0n) is 19.5. The monoisotopic (exact) mass is 446 g/mol. The molecule has 0 radical (unpaired) electrons. The summed E-state index contributed by atoms with van der Waals surface area (Å²) in [5.41, 5.74) is 4.17.